The van der Waals surface area contributed by atoms with Crippen LogP contribution >= 0.6 is 35.6 Å². The fourth-order valence-electron chi connectivity index (χ4n) is 2.94. The van der Waals surface area contributed by atoms with Gasteiger partial charge in [-0.25, -0.2) is 0 Å². The van der Waals surface area contributed by atoms with E-state index in [9.17, 15) is 9.59 Å². The number of likely N-dealkylation sites (tertiary alicyclic amines) is 1. The molecule has 0 spiro atoms. The molecule has 28 heavy (non-hydrogen) atoms. The van der Waals surface area contributed by atoms with Crippen molar-refractivity contribution < 1.29 is 9.59 Å². The van der Waals surface area contributed by atoms with Crippen molar-refractivity contribution >= 4 is 59.0 Å². The number of halogens is 2. The second kappa shape index (κ2) is 12.1. The number of amides is 2. The van der Waals surface area contributed by atoms with Gasteiger partial charge in [-0.2, -0.15) is 0 Å². The Morgan fingerprint density at radius 2 is 2.11 bits per heavy atom. The second-order valence-electron chi connectivity index (χ2n) is 6.60. The van der Waals surface area contributed by atoms with E-state index < -0.39 is 0 Å². The molecule has 156 valence electrons. The molecule has 7 nitrogen and oxygen atoms in total. The number of carbonyl (C=O) groups is 2. The van der Waals surface area contributed by atoms with Gasteiger partial charge in [-0.3, -0.25) is 14.6 Å². The van der Waals surface area contributed by atoms with Gasteiger partial charge >= 0.3 is 0 Å². The van der Waals surface area contributed by atoms with Gasteiger partial charge < -0.3 is 20.9 Å². The average Bonchev–Trinajstić information content (AvgIpc) is 3.11. The zero-order chi connectivity index (χ0) is 19.8. The standard InChI is InChI=1S/C19H28ClN5O2.HI/c1-4-18(27)25-10-8-14(12-25)23-19(21-3)22-9-7-17(26)24-16-6-5-13(2)11-15(16)20;/h5-6,11,14H,4,7-10,12H2,1-3H3,(H,24,26)(H2,21,22,23);1H. The summed E-state index contributed by atoms with van der Waals surface area (Å²) in [5.74, 6) is 0.685. The Kier molecular flexibility index (Phi) is 10.6. The predicted octanol–water partition coefficient (Wildman–Crippen LogP) is 2.77. The van der Waals surface area contributed by atoms with Gasteiger partial charge in [-0.05, 0) is 31.0 Å². The van der Waals surface area contributed by atoms with Gasteiger partial charge in [0.1, 0.15) is 0 Å². The van der Waals surface area contributed by atoms with Gasteiger partial charge in [0.2, 0.25) is 11.8 Å². The number of nitrogens with one attached hydrogen (secondary N) is 3. The lowest BCUT2D eigenvalue weighted by Gasteiger charge is -2.18. The Hall–Kier alpha value is -1.55. The highest BCUT2D eigenvalue weighted by Crippen LogP contribution is 2.22. The van der Waals surface area contributed by atoms with Crippen molar-refractivity contribution in [1.29, 1.82) is 0 Å². The van der Waals surface area contributed by atoms with E-state index in [4.69, 9.17) is 11.6 Å². The molecule has 0 saturated carbocycles. The van der Waals surface area contributed by atoms with Crippen LogP contribution in [0.2, 0.25) is 5.02 Å². The summed E-state index contributed by atoms with van der Waals surface area (Å²) in [5, 5.41) is 9.78. The second-order valence-corrected chi connectivity index (χ2v) is 7.01. The van der Waals surface area contributed by atoms with E-state index in [0.29, 0.717) is 36.2 Å². The highest BCUT2D eigenvalue weighted by Gasteiger charge is 2.25. The number of anilines is 1. The lowest BCUT2D eigenvalue weighted by atomic mass is 10.2. The van der Waals surface area contributed by atoms with Crippen molar-refractivity contribution in [2.45, 2.75) is 39.2 Å². The highest BCUT2D eigenvalue weighted by atomic mass is 127. The summed E-state index contributed by atoms with van der Waals surface area (Å²) in [6.45, 7) is 5.71. The smallest absolute Gasteiger partial charge is 0.226 e. The molecular weight excluding hydrogens is 493 g/mol. The zero-order valence-corrected chi connectivity index (χ0v) is 19.6. The van der Waals surface area contributed by atoms with E-state index in [1.165, 1.54) is 0 Å². The predicted molar refractivity (Wildman–Crippen MR) is 125 cm³/mol. The fraction of sp³-hybridized carbons (Fsp3) is 0.526. The Labute approximate surface area is 188 Å². The van der Waals surface area contributed by atoms with Crippen LogP contribution in [0.3, 0.4) is 0 Å². The van der Waals surface area contributed by atoms with Gasteiger partial charge in [-0.1, -0.05) is 24.6 Å². The van der Waals surface area contributed by atoms with Crippen LogP contribution in [0, 0.1) is 6.92 Å². The average molecular weight is 522 g/mol. The van der Waals surface area contributed by atoms with E-state index in [1.54, 1.807) is 13.1 Å². The monoisotopic (exact) mass is 521 g/mol. The van der Waals surface area contributed by atoms with Gasteiger partial charge in [0.15, 0.2) is 5.96 Å². The molecule has 0 bridgehead atoms. The number of guanidine groups is 1. The molecule has 0 radical (unpaired) electrons. The lowest BCUT2D eigenvalue weighted by molar-refractivity contribution is -0.129. The first-order chi connectivity index (χ1) is 12.9. The molecule has 0 aromatic heterocycles. The van der Waals surface area contributed by atoms with Crippen molar-refractivity contribution in [2.24, 2.45) is 4.99 Å². The van der Waals surface area contributed by atoms with Gasteiger partial charge in [0.25, 0.3) is 0 Å². The van der Waals surface area contributed by atoms with Crippen LogP contribution in [-0.2, 0) is 9.59 Å². The number of rotatable bonds is 6. The molecule has 2 amide bonds. The fourth-order valence-corrected chi connectivity index (χ4v) is 3.23. The van der Waals surface area contributed by atoms with Gasteiger partial charge in [0.05, 0.1) is 10.7 Å². The van der Waals surface area contributed by atoms with Crippen molar-refractivity contribution in [3.63, 3.8) is 0 Å². The molecular formula is C19H29ClIN5O2. The van der Waals surface area contributed by atoms with E-state index in [-0.39, 0.29) is 48.3 Å². The summed E-state index contributed by atoms with van der Waals surface area (Å²) in [5.41, 5.74) is 1.65. The molecule has 1 aliphatic heterocycles. The molecule has 3 N–H and O–H groups in total. The third-order valence-corrected chi connectivity index (χ3v) is 4.76. The van der Waals surface area contributed by atoms with Gasteiger partial charge in [0, 0.05) is 45.6 Å². The van der Waals surface area contributed by atoms with E-state index in [1.807, 2.05) is 30.9 Å². The molecule has 1 aromatic rings. The number of benzene rings is 1. The van der Waals surface area contributed by atoms with Crippen LogP contribution in [-0.4, -0.2) is 55.4 Å². The molecule has 1 aliphatic rings. The lowest BCUT2D eigenvalue weighted by Crippen LogP contribution is -2.45. The molecule has 2 rings (SSSR count). The van der Waals surface area contributed by atoms with Crippen LogP contribution in [0.15, 0.2) is 23.2 Å². The van der Waals surface area contributed by atoms with Crippen LogP contribution in [0.1, 0.15) is 31.7 Å². The Bertz CT molecular complexity index is 714. The number of nitrogens with zero attached hydrogens (tertiary/aromatic N) is 2. The van der Waals surface area contributed by atoms with Crippen molar-refractivity contribution in [2.75, 3.05) is 32.0 Å². The molecule has 1 fully saturated rings. The van der Waals surface area contributed by atoms with Crippen LogP contribution in [0.4, 0.5) is 5.69 Å². The van der Waals surface area contributed by atoms with Crippen molar-refractivity contribution in [3.8, 4) is 0 Å². The minimum atomic E-state index is -0.121. The molecule has 1 unspecified atom stereocenters. The topological polar surface area (TPSA) is 85.8 Å². The zero-order valence-electron chi connectivity index (χ0n) is 16.5. The largest absolute Gasteiger partial charge is 0.356 e. The number of aryl methyl sites for hydroxylation is 1. The Morgan fingerprint density at radius 3 is 2.75 bits per heavy atom. The summed E-state index contributed by atoms with van der Waals surface area (Å²) < 4.78 is 0. The highest BCUT2D eigenvalue weighted by molar-refractivity contribution is 14.0. The van der Waals surface area contributed by atoms with E-state index >= 15 is 0 Å². The molecule has 1 atom stereocenters. The first-order valence-corrected chi connectivity index (χ1v) is 9.61. The molecule has 0 aliphatic carbocycles. The molecule has 1 saturated heterocycles. The van der Waals surface area contributed by atoms with Crippen LogP contribution < -0.4 is 16.0 Å². The number of carbonyl (C=O) groups excluding carboxylic acids is 2. The van der Waals surface area contributed by atoms with E-state index in [0.717, 1.165) is 18.5 Å². The van der Waals surface area contributed by atoms with E-state index in [2.05, 4.69) is 20.9 Å². The third kappa shape index (κ3) is 7.46. The van der Waals surface area contributed by atoms with Crippen molar-refractivity contribution in [1.82, 2.24) is 15.5 Å². The Balaban J connectivity index is 0.00000392. The number of aliphatic imine (C=N–C) groups is 1. The third-order valence-electron chi connectivity index (χ3n) is 4.45. The number of hydrogen-bond donors (Lipinski definition) is 3. The summed E-state index contributed by atoms with van der Waals surface area (Å²) in [4.78, 5) is 29.9. The summed E-state index contributed by atoms with van der Waals surface area (Å²) in [6, 6.07) is 5.69. The maximum atomic E-state index is 12.1. The minimum absolute atomic E-state index is 0. The minimum Gasteiger partial charge on any atom is -0.356 e. The maximum Gasteiger partial charge on any atom is 0.226 e. The SMILES string of the molecule is CCC(=O)N1CCC(NC(=NC)NCCC(=O)Nc2ccc(C)cc2Cl)C1.I. The molecule has 1 aromatic carbocycles. The normalized spacial score (nSPS) is 16.4. The quantitative estimate of drug-likeness (QED) is 0.305. The van der Waals surface area contributed by atoms with Gasteiger partial charge in [-0.15, -0.1) is 24.0 Å². The summed E-state index contributed by atoms with van der Waals surface area (Å²) >= 11 is 6.13. The summed E-state index contributed by atoms with van der Waals surface area (Å²) in [6.07, 6.45) is 1.70. The first kappa shape index (κ1) is 24.5. The summed E-state index contributed by atoms with van der Waals surface area (Å²) in [7, 11) is 1.69. The maximum absolute atomic E-state index is 12.1. The Morgan fingerprint density at radius 1 is 1.36 bits per heavy atom. The van der Waals surface area contributed by atoms with Crippen LogP contribution in [0.25, 0.3) is 0 Å². The van der Waals surface area contributed by atoms with Crippen molar-refractivity contribution in [3.05, 3.63) is 28.8 Å². The first-order valence-electron chi connectivity index (χ1n) is 9.24. The van der Waals surface area contributed by atoms with Crippen LogP contribution in [0.5, 0.6) is 0 Å². The molecule has 9 heteroatoms. The number of hydrogen-bond acceptors (Lipinski definition) is 3. The molecule has 1 heterocycles.